The van der Waals surface area contributed by atoms with Crippen molar-refractivity contribution in [2.24, 2.45) is 0 Å². The standard InChI is InChI=1S/C10H6O2S/c11-13(12)6-5-9-7-3-1-2-4-8(7)10(9)13/h1-6H. The fraction of sp³-hybridized carbons (Fsp3) is 0. The summed E-state index contributed by atoms with van der Waals surface area (Å²) < 4.78 is 22.9. The van der Waals surface area contributed by atoms with Crippen molar-refractivity contribution in [2.75, 3.05) is 0 Å². The Kier molecular flexibility index (Phi) is 1.05. The molecule has 13 heavy (non-hydrogen) atoms. The van der Waals surface area contributed by atoms with Crippen LogP contribution >= 0.6 is 0 Å². The first kappa shape index (κ1) is 7.09. The first-order valence-electron chi connectivity index (χ1n) is 3.97. The zero-order chi connectivity index (χ0) is 9.05. The molecule has 3 rings (SSSR count). The van der Waals surface area contributed by atoms with Crippen LogP contribution in [0.3, 0.4) is 0 Å². The van der Waals surface area contributed by atoms with Crippen molar-refractivity contribution in [1.29, 1.82) is 0 Å². The van der Waals surface area contributed by atoms with E-state index in [1.165, 1.54) is 5.41 Å². The Bertz CT molecular complexity index is 562. The van der Waals surface area contributed by atoms with Gasteiger partial charge < -0.3 is 0 Å². The number of rotatable bonds is 0. The highest BCUT2D eigenvalue weighted by molar-refractivity contribution is 8.04. The molecule has 0 amide bonds. The van der Waals surface area contributed by atoms with Crippen LogP contribution in [0.2, 0.25) is 0 Å². The molecule has 2 nitrogen and oxygen atoms in total. The van der Waals surface area contributed by atoms with E-state index in [1.807, 2.05) is 24.3 Å². The molecule has 1 aliphatic heterocycles. The summed E-state index contributed by atoms with van der Waals surface area (Å²) in [4.78, 5) is 0.503. The average molecular weight is 190 g/mol. The fourth-order valence-electron chi connectivity index (χ4n) is 1.82. The molecule has 0 saturated heterocycles. The number of benzene rings is 1. The predicted octanol–water partition coefficient (Wildman–Crippen LogP) is 1.81. The van der Waals surface area contributed by atoms with Gasteiger partial charge in [0, 0.05) is 16.5 Å². The minimum atomic E-state index is -3.10. The molecule has 1 aliphatic carbocycles. The van der Waals surface area contributed by atoms with E-state index >= 15 is 0 Å². The van der Waals surface area contributed by atoms with Gasteiger partial charge in [0.15, 0.2) is 0 Å². The van der Waals surface area contributed by atoms with Gasteiger partial charge in [-0.15, -0.1) is 0 Å². The lowest BCUT2D eigenvalue weighted by Gasteiger charge is -2.20. The van der Waals surface area contributed by atoms with E-state index in [2.05, 4.69) is 0 Å². The Morgan fingerprint density at radius 3 is 2.46 bits per heavy atom. The smallest absolute Gasteiger partial charge is 0.201 e. The maximum absolute atomic E-state index is 11.4. The number of fused-ring (bicyclic) bond motifs is 3. The van der Waals surface area contributed by atoms with Gasteiger partial charge in [-0.3, -0.25) is 0 Å². The minimum Gasteiger partial charge on any atom is -0.219 e. The zero-order valence-corrected chi connectivity index (χ0v) is 7.51. The van der Waals surface area contributed by atoms with Crippen LogP contribution in [-0.4, -0.2) is 8.42 Å². The highest BCUT2D eigenvalue weighted by Crippen LogP contribution is 2.48. The van der Waals surface area contributed by atoms with Crippen molar-refractivity contribution >= 4 is 20.3 Å². The van der Waals surface area contributed by atoms with Crippen molar-refractivity contribution in [1.82, 2.24) is 0 Å². The SMILES string of the molecule is O=S1(=O)C=CC2=C1c1ccccc12. The van der Waals surface area contributed by atoms with Crippen LogP contribution in [0.1, 0.15) is 11.1 Å². The summed E-state index contributed by atoms with van der Waals surface area (Å²) in [6.45, 7) is 0. The van der Waals surface area contributed by atoms with E-state index < -0.39 is 9.84 Å². The summed E-state index contributed by atoms with van der Waals surface area (Å²) in [6, 6.07) is 7.57. The minimum absolute atomic E-state index is 0.503. The monoisotopic (exact) mass is 190 g/mol. The maximum atomic E-state index is 11.4. The first-order valence-corrected chi connectivity index (χ1v) is 5.52. The van der Waals surface area contributed by atoms with Crippen LogP contribution in [0.5, 0.6) is 0 Å². The molecular weight excluding hydrogens is 184 g/mol. The zero-order valence-electron chi connectivity index (χ0n) is 6.69. The van der Waals surface area contributed by atoms with Gasteiger partial charge in [-0.05, 0) is 11.6 Å². The third-order valence-corrected chi connectivity index (χ3v) is 3.91. The molecule has 0 spiro atoms. The normalized spacial score (nSPS) is 20.9. The Hall–Kier alpha value is -1.35. The molecule has 0 bridgehead atoms. The van der Waals surface area contributed by atoms with Gasteiger partial charge >= 0.3 is 0 Å². The number of hydrogen-bond donors (Lipinski definition) is 0. The van der Waals surface area contributed by atoms with E-state index in [9.17, 15) is 8.42 Å². The summed E-state index contributed by atoms with van der Waals surface area (Å²) in [5, 5.41) is 1.28. The maximum Gasteiger partial charge on any atom is 0.201 e. The molecule has 0 saturated carbocycles. The summed E-state index contributed by atoms with van der Waals surface area (Å²) in [5.74, 6) is 0. The van der Waals surface area contributed by atoms with Gasteiger partial charge in [0.1, 0.15) is 0 Å². The number of sulfone groups is 1. The molecule has 64 valence electrons. The van der Waals surface area contributed by atoms with Gasteiger partial charge in [-0.2, -0.15) is 0 Å². The molecule has 2 aliphatic rings. The summed E-state index contributed by atoms with van der Waals surface area (Å²) in [7, 11) is -3.10. The van der Waals surface area contributed by atoms with Crippen LogP contribution in [0.4, 0.5) is 0 Å². The van der Waals surface area contributed by atoms with E-state index in [1.54, 1.807) is 6.08 Å². The van der Waals surface area contributed by atoms with Gasteiger partial charge in [0.2, 0.25) is 9.84 Å². The Morgan fingerprint density at radius 2 is 1.69 bits per heavy atom. The molecule has 1 aromatic carbocycles. The first-order chi connectivity index (χ1) is 6.20. The van der Waals surface area contributed by atoms with Crippen molar-refractivity contribution in [3.8, 4) is 0 Å². The van der Waals surface area contributed by atoms with Gasteiger partial charge in [0.25, 0.3) is 0 Å². The Morgan fingerprint density at radius 1 is 1.00 bits per heavy atom. The van der Waals surface area contributed by atoms with Crippen LogP contribution in [0.25, 0.3) is 10.5 Å². The van der Waals surface area contributed by atoms with Crippen LogP contribution in [0.15, 0.2) is 35.7 Å². The molecule has 0 fully saturated rings. The van der Waals surface area contributed by atoms with E-state index in [4.69, 9.17) is 0 Å². The lowest BCUT2D eigenvalue weighted by molar-refractivity contribution is 0.614. The van der Waals surface area contributed by atoms with Gasteiger partial charge in [-0.1, -0.05) is 24.3 Å². The third-order valence-electron chi connectivity index (χ3n) is 2.40. The van der Waals surface area contributed by atoms with Gasteiger partial charge in [0.05, 0.1) is 4.91 Å². The Labute approximate surface area is 76.1 Å². The molecule has 0 N–H and O–H groups in total. The van der Waals surface area contributed by atoms with Crippen molar-refractivity contribution < 1.29 is 8.42 Å². The summed E-state index contributed by atoms with van der Waals surface area (Å²) in [5.41, 5.74) is 2.79. The molecule has 0 atom stereocenters. The van der Waals surface area contributed by atoms with Crippen molar-refractivity contribution in [3.05, 3.63) is 46.9 Å². The molecule has 0 unspecified atom stereocenters. The van der Waals surface area contributed by atoms with Gasteiger partial charge in [-0.25, -0.2) is 8.42 Å². The number of allylic oxidation sites excluding steroid dienone is 2. The lowest BCUT2D eigenvalue weighted by Crippen LogP contribution is -2.07. The third kappa shape index (κ3) is 0.704. The highest BCUT2D eigenvalue weighted by Gasteiger charge is 2.35. The van der Waals surface area contributed by atoms with Crippen molar-refractivity contribution in [2.45, 2.75) is 0 Å². The summed E-state index contributed by atoms with van der Waals surface area (Å²) in [6.07, 6.45) is 1.67. The lowest BCUT2D eigenvalue weighted by atomic mass is 9.89. The van der Waals surface area contributed by atoms with E-state index in [-0.39, 0.29) is 0 Å². The van der Waals surface area contributed by atoms with Crippen LogP contribution in [-0.2, 0) is 9.84 Å². The quantitative estimate of drug-likeness (QED) is 0.625. The topological polar surface area (TPSA) is 34.1 Å². The second kappa shape index (κ2) is 1.93. The second-order valence-electron chi connectivity index (χ2n) is 3.14. The molecular formula is C10H6O2S. The largest absolute Gasteiger partial charge is 0.219 e. The van der Waals surface area contributed by atoms with Crippen LogP contribution in [0, 0.1) is 0 Å². The van der Waals surface area contributed by atoms with E-state index in [0.29, 0.717) is 4.91 Å². The average Bonchev–Trinajstić information content (AvgIpc) is 2.31. The molecule has 0 aromatic heterocycles. The summed E-state index contributed by atoms with van der Waals surface area (Å²) >= 11 is 0. The van der Waals surface area contributed by atoms with Crippen molar-refractivity contribution in [3.63, 3.8) is 0 Å². The Balaban J connectivity index is 2.35. The fourth-order valence-corrected chi connectivity index (χ4v) is 3.24. The predicted molar refractivity (Wildman–Crippen MR) is 51.3 cm³/mol. The van der Waals surface area contributed by atoms with Crippen LogP contribution < -0.4 is 0 Å². The second-order valence-corrected chi connectivity index (χ2v) is 4.91. The highest BCUT2D eigenvalue weighted by atomic mass is 32.2. The molecule has 1 heterocycles. The molecule has 0 radical (unpaired) electrons. The molecule has 3 heteroatoms. The molecule has 1 aromatic rings. The van der Waals surface area contributed by atoms with E-state index in [0.717, 1.165) is 16.7 Å². The number of hydrogen-bond acceptors (Lipinski definition) is 2.